The number of halogens is 3. The van der Waals surface area contributed by atoms with Gasteiger partial charge in [-0.2, -0.15) is 13.2 Å². The van der Waals surface area contributed by atoms with Crippen LogP contribution in [0, 0.1) is 6.92 Å². The third kappa shape index (κ3) is 7.66. The van der Waals surface area contributed by atoms with Crippen LogP contribution in [0.15, 0.2) is 66.7 Å². The summed E-state index contributed by atoms with van der Waals surface area (Å²) in [5, 5.41) is 0. The molecular weight excluding hydrogens is 477 g/mol. The van der Waals surface area contributed by atoms with Crippen LogP contribution in [0.1, 0.15) is 31.2 Å². The highest BCUT2D eigenvalue weighted by atomic mass is 32.1. The lowest BCUT2D eigenvalue weighted by atomic mass is 10.1. The van der Waals surface area contributed by atoms with Gasteiger partial charge in [0.1, 0.15) is 6.54 Å². The first-order chi connectivity index (χ1) is 16.7. The van der Waals surface area contributed by atoms with Crippen LogP contribution in [0.2, 0.25) is 0 Å². The lowest BCUT2D eigenvalue weighted by Crippen LogP contribution is -2.43. The molecule has 0 fully saturated rings. The second-order valence-corrected chi connectivity index (χ2v) is 9.42. The lowest BCUT2D eigenvalue weighted by molar-refractivity contribution is -0.137. The summed E-state index contributed by atoms with van der Waals surface area (Å²) in [6, 6.07) is 17.6. The third-order valence-corrected chi connectivity index (χ3v) is 6.31. The van der Waals surface area contributed by atoms with E-state index in [1.165, 1.54) is 24.1 Å². The van der Waals surface area contributed by atoms with Crippen LogP contribution >= 0.6 is 11.3 Å². The van der Waals surface area contributed by atoms with E-state index in [-0.39, 0.29) is 31.2 Å². The molecule has 0 atom stereocenters. The molecule has 0 N–H and O–H groups in total. The summed E-state index contributed by atoms with van der Waals surface area (Å²) < 4.78 is 44.6. The van der Waals surface area contributed by atoms with Gasteiger partial charge in [0, 0.05) is 35.5 Å². The van der Waals surface area contributed by atoms with Gasteiger partial charge in [-0.3, -0.25) is 9.59 Å². The van der Waals surface area contributed by atoms with Gasteiger partial charge in [0.15, 0.2) is 0 Å². The standard InChI is InChI=1S/C26H27F3N2O3S/c1-19-11-12-23(35-19)17-31(16-20-7-4-3-5-8-20)24(32)18-30(13-14-34-2)25(33)21-9-6-10-22(15-21)26(27,28)29/h3-12,15H,13-14,16-18H2,1-2H3. The summed E-state index contributed by atoms with van der Waals surface area (Å²) in [4.78, 5) is 31.6. The molecule has 2 aromatic carbocycles. The molecule has 2 amide bonds. The lowest BCUT2D eigenvalue weighted by Gasteiger charge is -2.28. The van der Waals surface area contributed by atoms with Gasteiger partial charge in [-0.05, 0) is 42.8 Å². The van der Waals surface area contributed by atoms with Crippen molar-refractivity contribution in [2.75, 3.05) is 26.8 Å². The minimum absolute atomic E-state index is 0.0641. The van der Waals surface area contributed by atoms with Gasteiger partial charge in [-0.1, -0.05) is 36.4 Å². The molecule has 0 aliphatic carbocycles. The molecule has 0 radical (unpaired) electrons. The number of carbonyl (C=O) groups is 2. The molecule has 0 aliphatic heterocycles. The zero-order chi connectivity index (χ0) is 25.4. The smallest absolute Gasteiger partial charge is 0.383 e. The van der Waals surface area contributed by atoms with Crippen LogP contribution in [0.4, 0.5) is 13.2 Å². The van der Waals surface area contributed by atoms with Crippen LogP contribution in [0.3, 0.4) is 0 Å². The fourth-order valence-corrected chi connectivity index (χ4v) is 4.43. The summed E-state index contributed by atoms with van der Waals surface area (Å²) >= 11 is 1.58. The Morgan fingerprint density at radius 1 is 0.943 bits per heavy atom. The third-order valence-electron chi connectivity index (χ3n) is 5.33. The van der Waals surface area contributed by atoms with Crippen molar-refractivity contribution >= 4 is 23.2 Å². The van der Waals surface area contributed by atoms with Gasteiger partial charge in [-0.15, -0.1) is 11.3 Å². The second kappa shape index (κ2) is 12.0. The number of aryl methyl sites for hydroxylation is 1. The molecule has 9 heteroatoms. The van der Waals surface area contributed by atoms with Crippen molar-refractivity contribution in [2.24, 2.45) is 0 Å². The molecule has 3 aromatic rings. The van der Waals surface area contributed by atoms with Gasteiger partial charge < -0.3 is 14.5 Å². The predicted octanol–water partition coefficient (Wildman–Crippen LogP) is 5.39. The summed E-state index contributed by atoms with van der Waals surface area (Å²) in [6.07, 6.45) is -4.57. The molecular formula is C26H27F3N2O3S. The number of hydrogen-bond acceptors (Lipinski definition) is 4. The summed E-state index contributed by atoms with van der Waals surface area (Å²) in [5.41, 5.74) is -0.117. The van der Waals surface area contributed by atoms with E-state index in [9.17, 15) is 22.8 Å². The number of amides is 2. The minimum atomic E-state index is -4.57. The number of hydrogen-bond donors (Lipinski definition) is 0. The molecule has 0 bridgehead atoms. The van der Waals surface area contributed by atoms with Crippen LogP contribution < -0.4 is 0 Å². The first-order valence-corrected chi connectivity index (χ1v) is 11.8. The topological polar surface area (TPSA) is 49.9 Å². The summed E-state index contributed by atoms with van der Waals surface area (Å²) in [7, 11) is 1.45. The van der Waals surface area contributed by atoms with Crippen LogP contribution in [-0.4, -0.2) is 48.4 Å². The first kappa shape index (κ1) is 26.4. The Kier molecular flexibility index (Phi) is 9.06. The van der Waals surface area contributed by atoms with Crippen molar-refractivity contribution in [1.29, 1.82) is 0 Å². The summed E-state index contributed by atoms with van der Waals surface area (Å²) in [5.74, 6) is -0.968. The van der Waals surface area contributed by atoms with Gasteiger partial charge in [0.2, 0.25) is 5.91 Å². The van der Waals surface area contributed by atoms with Crippen molar-refractivity contribution in [3.05, 3.63) is 93.2 Å². The number of ether oxygens (including phenoxy) is 1. The largest absolute Gasteiger partial charge is 0.416 e. The van der Waals surface area contributed by atoms with Crippen molar-refractivity contribution in [1.82, 2.24) is 9.80 Å². The minimum Gasteiger partial charge on any atom is -0.383 e. The Morgan fingerprint density at radius 2 is 1.69 bits per heavy atom. The second-order valence-electron chi connectivity index (χ2n) is 8.05. The number of benzene rings is 2. The van der Waals surface area contributed by atoms with E-state index in [1.54, 1.807) is 16.2 Å². The van der Waals surface area contributed by atoms with E-state index < -0.39 is 17.6 Å². The molecule has 0 saturated carbocycles. The number of alkyl halides is 3. The Hall–Kier alpha value is -3.17. The molecule has 3 rings (SSSR count). The average Bonchev–Trinajstić information content (AvgIpc) is 3.25. The van der Waals surface area contributed by atoms with E-state index in [1.807, 2.05) is 49.4 Å². The van der Waals surface area contributed by atoms with Gasteiger partial charge in [-0.25, -0.2) is 0 Å². The predicted molar refractivity (Wildman–Crippen MR) is 129 cm³/mol. The van der Waals surface area contributed by atoms with Crippen molar-refractivity contribution in [2.45, 2.75) is 26.2 Å². The number of thiophene rings is 1. The van der Waals surface area contributed by atoms with Crippen molar-refractivity contribution in [3.63, 3.8) is 0 Å². The van der Waals surface area contributed by atoms with E-state index in [0.717, 1.165) is 27.5 Å². The van der Waals surface area contributed by atoms with E-state index in [0.29, 0.717) is 13.1 Å². The number of nitrogens with zero attached hydrogens (tertiary/aromatic N) is 2. The highest BCUT2D eigenvalue weighted by Crippen LogP contribution is 2.30. The molecule has 0 aliphatic rings. The van der Waals surface area contributed by atoms with Gasteiger partial charge in [0.25, 0.3) is 5.91 Å². The van der Waals surface area contributed by atoms with Crippen LogP contribution in [-0.2, 0) is 28.8 Å². The molecule has 1 aromatic heterocycles. The maximum Gasteiger partial charge on any atom is 0.416 e. The molecule has 0 spiro atoms. The SMILES string of the molecule is COCCN(CC(=O)N(Cc1ccccc1)Cc1ccc(C)s1)C(=O)c1cccc(C(F)(F)F)c1. The van der Waals surface area contributed by atoms with Crippen molar-refractivity contribution in [3.8, 4) is 0 Å². The maximum atomic E-state index is 13.4. The molecule has 0 unspecified atom stereocenters. The number of carbonyl (C=O) groups excluding carboxylic acids is 2. The highest BCUT2D eigenvalue weighted by molar-refractivity contribution is 7.11. The zero-order valence-electron chi connectivity index (χ0n) is 19.5. The highest BCUT2D eigenvalue weighted by Gasteiger charge is 2.31. The normalized spacial score (nSPS) is 11.3. The van der Waals surface area contributed by atoms with Crippen molar-refractivity contribution < 1.29 is 27.5 Å². The summed E-state index contributed by atoms with van der Waals surface area (Å²) in [6.45, 7) is 2.61. The molecule has 5 nitrogen and oxygen atoms in total. The van der Waals surface area contributed by atoms with E-state index in [4.69, 9.17) is 4.74 Å². The fraction of sp³-hybridized carbons (Fsp3) is 0.308. The van der Waals surface area contributed by atoms with Gasteiger partial charge >= 0.3 is 6.18 Å². The molecule has 1 heterocycles. The molecule has 35 heavy (non-hydrogen) atoms. The average molecular weight is 505 g/mol. The molecule has 186 valence electrons. The quantitative estimate of drug-likeness (QED) is 0.372. The Morgan fingerprint density at radius 3 is 2.31 bits per heavy atom. The van der Waals surface area contributed by atoms with Gasteiger partial charge in [0.05, 0.1) is 18.7 Å². The maximum absolute atomic E-state index is 13.4. The Bertz CT molecular complexity index is 1130. The Labute approximate surface area is 206 Å². The first-order valence-electron chi connectivity index (χ1n) is 11.0. The monoisotopic (exact) mass is 504 g/mol. The van der Waals surface area contributed by atoms with E-state index >= 15 is 0 Å². The number of methoxy groups -OCH3 is 1. The Balaban J connectivity index is 1.83. The van der Waals surface area contributed by atoms with Crippen LogP contribution in [0.5, 0.6) is 0 Å². The van der Waals surface area contributed by atoms with Crippen LogP contribution in [0.25, 0.3) is 0 Å². The molecule has 0 saturated heterocycles. The number of rotatable bonds is 10. The zero-order valence-corrected chi connectivity index (χ0v) is 20.4. The fourth-order valence-electron chi connectivity index (χ4n) is 3.52. The van der Waals surface area contributed by atoms with E-state index in [2.05, 4.69) is 0 Å².